The highest BCUT2D eigenvalue weighted by molar-refractivity contribution is 14.0. The SMILES string of the molecule is CN=C(NCCCCN(C)C(C)C)N1CCN(C(=O)C2CCCO2)CC1.I. The number of piperazine rings is 1. The fourth-order valence-electron chi connectivity index (χ4n) is 3.39. The number of unbranched alkanes of at least 4 members (excludes halogenated alkanes) is 1. The van der Waals surface area contributed by atoms with Crippen LogP contribution in [-0.2, 0) is 9.53 Å². The zero-order valence-corrected chi connectivity index (χ0v) is 19.8. The molecule has 0 aliphatic carbocycles. The minimum absolute atomic E-state index is 0. The van der Waals surface area contributed by atoms with Gasteiger partial charge in [0.15, 0.2) is 5.96 Å². The summed E-state index contributed by atoms with van der Waals surface area (Å²) < 4.78 is 5.53. The largest absolute Gasteiger partial charge is 0.368 e. The Morgan fingerprint density at radius 3 is 2.44 bits per heavy atom. The van der Waals surface area contributed by atoms with Crippen molar-refractivity contribution in [1.29, 1.82) is 0 Å². The molecule has 2 aliphatic heterocycles. The van der Waals surface area contributed by atoms with Crippen molar-refractivity contribution in [3.63, 3.8) is 0 Å². The van der Waals surface area contributed by atoms with E-state index in [-0.39, 0.29) is 36.0 Å². The third kappa shape index (κ3) is 7.73. The van der Waals surface area contributed by atoms with Gasteiger partial charge in [-0.15, -0.1) is 24.0 Å². The van der Waals surface area contributed by atoms with Crippen LogP contribution in [0.1, 0.15) is 39.5 Å². The predicted octanol–water partition coefficient (Wildman–Crippen LogP) is 1.62. The summed E-state index contributed by atoms with van der Waals surface area (Å²) in [5.74, 6) is 1.12. The Labute approximate surface area is 181 Å². The zero-order valence-electron chi connectivity index (χ0n) is 17.4. The second-order valence-corrected chi connectivity index (χ2v) is 7.57. The molecule has 8 heteroatoms. The van der Waals surface area contributed by atoms with Gasteiger partial charge in [0.05, 0.1) is 0 Å². The second kappa shape index (κ2) is 12.8. The van der Waals surface area contributed by atoms with Gasteiger partial charge in [-0.05, 0) is 53.1 Å². The van der Waals surface area contributed by atoms with Crippen molar-refractivity contribution in [3.05, 3.63) is 0 Å². The molecule has 2 heterocycles. The summed E-state index contributed by atoms with van der Waals surface area (Å²) in [6, 6.07) is 0.601. The van der Waals surface area contributed by atoms with Crippen molar-refractivity contribution in [3.8, 4) is 0 Å². The van der Waals surface area contributed by atoms with Crippen molar-refractivity contribution in [2.75, 3.05) is 60.0 Å². The van der Waals surface area contributed by atoms with Crippen LogP contribution in [0.2, 0.25) is 0 Å². The number of amides is 1. The van der Waals surface area contributed by atoms with Crippen molar-refractivity contribution >= 4 is 35.8 Å². The minimum atomic E-state index is -0.206. The third-order valence-corrected chi connectivity index (χ3v) is 5.41. The third-order valence-electron chi connectivity index (χ3n) is 5.41. The molecule has 1 unspecified atom stereocenters. The summed E-state index contributed by atoms with van der Waals surface area (Å²) in [7, 11) is 4.01. The van der Waals surface area contributed by atoms with Crippen LogP contribution in [0.15, 0.2) is 4.99 Å². The van der Waals surface area contributed by atoms with Crippen LogP contribution >= 0.6 is 24.0 Å². The molecule has 0 bridgehead atoms. The molecule has 1 N–H and O–H groups in total. The van der Waals surface area contributed by atoms with Crippen LogP contribution in [-0.4, -0.2) is 98.7 Å². The maximum Gasteiger partial charge on any atom is 0.251 e. The number of rotatable bonds is 7. The molecule has 27 heavy (non-hydrogen) atoms. The fraction of sp³-hybridized carbons (Fsp3) is 0.895. The predicted molar refractivity (Wildman–Crippen MR) is 121 cm³/mol. The first kappa shape index (κ1) is 24.4. The number of carbonyl (C=O) groups excluding carboxylic acids is 1. The number of carbonyl (C=O) groups is 1. The highest BCUT2D eigenvalue weighted by Gasteiger charge is 2.30. The second-order valence-electron chi connectivity index (χ2n) is 7.57. The summed E-state index contributed by atoms with van der Waals surface area (Å²) in [5.41, 5.74) is 0. The van der Waals surface area contributed by atoms with Gasteiger partial charge in [-0.1, -0.05) is 0 Å². The van der Waals surface area contributed by atoms with E-state index in [0.29, 0.717) is 6.04 Å². The minimum Gasteiger partial charge on any atom is -0.368 e. The summed E-state index contributed by atoms with van der Waals surface area (Å²) >= 11 is 0. The van der Waals surface area contributed by atoms with E-state index in [1.807, 2.05) is 11.9 Å². The average Bonchev–Trinajstić information content (AvgIpc) is 3.18. The summed E-state index contributed by atoms with van der Waals surface area (Å²) in [4.78, 5) is 23.4. The van der Waals surface area contributed by atoms with E-state index in [2.05, 4.69) is 41.0 Å². The molecular weight excluding hydrogens is 457 g/mol. The molecule has 0 radical (unpaired) electrons. The van der Waals surface area contributed by atoms with Gasteiger partial charge in [-0.3, -0.25) is 9.79 Å². The Kier molecular flexibility index (Phi) is 11.6. The number of nitrogens with zero attached hydrogens (tertiary/aromatic N) is 4. The highest BCUT2D eigenvalue weighted by atomic mass is 127. The summed E-state index contributed by atoms with van der Waals surface area (Å²) in [5, 5.41) is 3.47. The number of guanidine groups is 1. The summed E-state index contributed by atoms with van der Waals surface area (Å²) in [6.07, 6.45) is 3.98. The number of ether oxygens (including phenoxy) is 1. The smallest absolute Gasteiger partial charge is 0.251 e. The molecule has 2 aliphatic rings. The standard InChI is InChI=1S/C19H37N5O2.HI/c1-16(2)22(4)10-6-5-9-21-19(20-3)24-13-11-23(12-14-24)18(25)17-8-7-15-26-17;/h16-17H,5-15H2,1-4H3,(H,20,21);1H. The van der Waals surface area contributed by atoms with E-state index < -0.39 is 0 Å². The van der Waals surface area contributed by atoms with E-state index in [4.69, 9.17) is 4.74 Å². The van der Waals surface area contributed by atoms with Gasteiger partial charge < -0.3 is 24.8 Å². The number of hydrogen-bond acceptors (Lipinski definition) is 4. The molecule has 0 aromatic heterocycles. The molecule has 2 rings (SSSR count). The Morgan fingerprint density at radius 2 is 1.89 bits per heavy atom. The first-order valence-corrected chi connectivity index (χ1v) is 10.1. The molecule has 0 aromatic carbocycles. The number of hydrogen-bond donors (Lipinski definition) is 1. The lowest BCUT2D eigenvalue weighted by atomic mass is 10.2. The molecule has 0 saturated carbocycles. The lowest BCUT2D eigenvalue weighted by Gasteiger charge is -2.37. The molecule has 2 saturated heterocycles. The Morgan fingerprint density at radius 1 is 1.22 bits per heavy atom. The lowest BCUT2D eigenvalue weighted by Crippen LogP contribution is -2.55. The number of nitrogens with one attached hydrogen (secondary N) is 1. The van der Waals surface area contributed by atoms with Crippen LogP contribution in [0.3, 0.4) is 0 Å². The quantitative estimate of drug-likeness (QED) is 0.252. The van der Waals surface area contributed by atoms with Crippen LogP contribution in [0.5, 0.6) is 0 Å². The molecular formula is C19H38IN5O2. The number of aliphatic imine (C=N–C) groups is 1. The zero-order chi connectivity index (χ0) is 18.9. The Bertz CT molecular complexity index is 461. The Balaban J connectivity index is 0.00000364. The van der Waals surface area contributed by atoms with Gasteiger partial charge >= 0.3 is 0 Å². The van der Waals surface area contributed by atoms with E-state index in [9.17, 15) is 4.79 Å². The van der Waals surface area contributed by atoms with Gasteiger partial charge in [0, 0.05) is 52.4 Å². The molecule has 7 nitrogen and oxygen atoms in total. The molecule has 158 valence electrons. The lowest BCUT2D eigenvalue weighted by molar-refractivity contribution is -0.142. The molecule has 0 spiro atoms. The topological polar surface area (TPSA) is 60.4 Å². The first-order chi connectivity index (χ1) is 12.5. The summed E-state index contributed by atoms with van der Waals surface area (Å²) in [6.45, 7) is 10.4. The average molecular weight is 495 g/mol. The maximum atomic E-state index is 12.4. The van der Waals surface area contributed by atoms with Crippen LogP contribution in [0.25, 0.3) is 0 Å². The highest BCUT2D eigenvalue weighted by Crippen LogP contribution is 2.16. The van der Waals surface area contributed by atoms with Gasteiger partial charge in [0.2, 0.25) is 0 Å². The molecule has 2 fully saturated rings. The first-order valence-electron chi connectivity index (χ1n) is 10.1. The molecule has 0 aromatic rings. The van der Waals surface area contributed by atoms with Gasteiger partial charge in [-0.25, -0.2) is 0 Å². The van der Waals surface area contributed by atoms with Gasteiger partial charge in [0.25, 0.3) is 5.91 Å². The van der Waals surface area contributed by atoms with Crippen LogP contribution in [0, 0.1) is 0 Å². The van der Waals surface area contributed by atoms with Crippen LogP contribution in [0.4, 0.5) is 0 Å². The van der Waals surface area contributed by atoms with Crippen molar-refractivity contribution < 1.29 is 9.53 Å². The van der Waals surface area contributed by atoms with Crippen LogP contribution < -0.4 is 5.32 Å². The van der Waals surface area contributed by atoms with E-state index >= 15 is 0 Å². The van der Waals surface area contributed by atoms with E-state index in [1.165, 1.54) is 6.42 Å². The van der Waals surface area contributed by atoms with Crippen molar-refractivity contribution in [2.45, 2.75) is 51.7 Å². The normalized spacial score (nSPS) is 21.0. The fourth-order valence-corrected chi connectivity index (χ4v) is 3.39. The van der Waals surface area contributed by atoms with E-state index in [1.54, 1.807) is 0 Å². The van der Waals surface area contributed by atoms with Gasteiger partial charge in [-0.2, -0.15) is 0 Å². The Hall–Kier alpha value is -0.610. The van der Waals surface area contributed by atoms with Crippen molar-refractivity contribution in [2.24, 2.45) is 4.99 Å². The maximum absolute atomic E-state index is 12.4. The molecule has 1 amide bonds. The van der Waals surface area contributed by atoms with E-state index in [0.717, 1.165) is 71.1 Å². The number of halogens is 1. The van der Waals surface area contributed by atoms with Crippen molar-refractivity contribution in [1.82, 2.24) is 20.0 Å². The monoisotopic (exact) mass is 495 g/mol. The van der Waals surface area contributed by atoms with Gasteiger partial charge in [0.1, 0.15) is 6.10 Å². The molecule has 1 atom stereocenters.